The standard InChI is InChI=1S/C23H29FN2O2/c1-17(2)28-22-9-4-6-19(12-22)15-26-11-10-23(16-27,14-18(26)3)25-21-8-5-7-20(24)13-21/h4-9,12-13,16-18,25H,10-11,14-15H2,1-3H3/t18-,23+/m0/s1. The molecule has 0 amide bonds. The fraction of sp³-hybridized carbons (Fsp3) is 0.435. The Morgan fingerprint density at radius 2 is 2.07 bits per heavy atom. The van der Waals surface area contributed by atoms with Gasteiger partial charge in [-0.15, -0.1) is 0 Å². The number of carbonyl (C=O) groups excluding carboxylic acids is 1. The van der Waals surface area contributed by atoms with Crippen LogP contribution < -0.4 is 10.1 Å². The zero-order chi connectivity index (χ0) is 20.1. The molecule has 0 saturated carbocycles. The quantitative estimate of drug-likeness (QED) is 0.706. The van der Waals surface area contributed by atoms with Crippen LogP contribution >= 0.6 is 0 Å². The third kappa shape index (κ3) is 5.10. The zero-order valence-corrected chi connectivity index (χ0v) is 16.8. The molecule has 0 aliphatic carbocycles. The van der Waals surface area contributed by atoms with Gasteiger partial charge in [0.15, 0.2) is 0 Å². The molecule has 1 heterocycles. The molecule has 0 spiro atoms. The van der Waals surface area contributed by atoms with Gasteiger partial charge in [0.2, 0.25) is 0 Å². The van der Waals surface area contributed by atoms with Gasteiger partial charge in [0.25, 0.3) is 0 Å². The molecule has 0 unspecified atom stereocenters. The first kappa shape index (κ1) is 20.3. The van der Waals surface area contributed by atoms with Crippen LogP contribution in [0.2, 0.25) is 0 Å². The average molecular weight is 384 g/mol. The number of likely N-dealkylation sites (tertiary alicyclic amines) is 1. The number of benzene rings is 2. The van der Waals surface area contributed by atoms with Crippen molar-refractivity contribution in [1.82, 2.24) is 4.90 Å². The second-order valence-corrected chi connectivity index (χ2v) is 8.00. The Bertz CT molecular complexity index is 811. The number of nitrogens with zero attached hydrogens (tertiary/aromatic N) is 1. The van der Waals surface area contributed by atoms with Crippen LogP contribution in [0.25, 0.3) is 0 Å². The van der Waals surface area contributed by atoms with Gasteiger partial charge in [-0.3, -0.25) is 4.90 Å². The second-order valence-electron chi connectivity index (χ2n) is 8.00. The van der Waals surface area contributed by atoms with Crippen LogP contribution in [0.3, 0.4) is 0 Å². The molecule has 0 radical (unpaired) electrons. The summed E-state index contributed by atoms with van der Waals surface area (Å²) in [7, 11) is 0. The van der Waals surface area contributed by atoms with Gasteiger partial charge in [0.05, 0.1) is 11.6 Å². The van der Waals surface area contributed by atoms with E-state index in [-0.39, 0.29) is 18.0 Å². The van der Waals surface area contributed by atoms with Crippen LogP contribution in [-0.2, 0) is 11.3 Å². The van der Waals surface area contributed by atoms with Crippen molar-refractivity contribution in [1.29, 1.82) is 0 Å². The molecule has 1 saturated heterocycles. The molecule has 28 heavy (non-hydrogen) atoms. The van der Waals surface area contributed by atoms with Crippen LogP contribution in [-0.4, -0.2) is 35.4 Å². The summed E-state index contributed by atoms with van der Waals surface area (Å²) >= 11 is 0. The summed E-state index contributed by atoms with van der Waals surface area (Å²) in [6.07, 6.45) is 2.49. The van der Waals surface area contributed by atoms with Gasteiger partial charge in [-0.2, -0.15) is 0 Å². The highest BCUT2D eigenvalue weighted by atomic mass is 19.1. The minimum absolute atomic E-state index is 0.145. The molecule has 1 fully saturated rings. The van der Waals surface area contributed by atoms with Crippen molar-refractivity contribution in [3.05, 3.63) is 59.9 Å². The maximum Gasteiger partial charge on any atom is 0.145 e. The van der Waals surface area contributed by atoms with E-state index in [0.29, 0.717) is 18.5 Å². The normalized spacial score (nSPS) is 22.8. The SMILES string of the molecule is CC(C)Oc1cccc(CN2CC[C@@](C=O)(Nc3cccc(F)c3)C[C@@H]2C)c1. The molecule has 5 heteroatoms. The summed E-state index contributed by atoms with van der Waals surface area (Å²) < 4.78 is 19.3. The monoisotopic (exact) mass is 384 g/mol. The molecule has 2 aromatic rings. The van der Waals surface area contributed by atoms with Crippen molar-refractivity contribution in [2.75, 3.05) is 11.9 Å². The smallest absolute Gasteiger partial charge is 0.145 e. The molecule has 3 rings (SSSR count). The highest BCUT2D eigenvalue weighted by Gasteiger charge is 2.38. The average Bonchev–Trinajstić information content (AvgIpc) is 2.64. The summed E-state index contributed by atoms with van der Waals surface area (Å²) in [6, 6.07) is 14.7. The number of anilines is 1. The number of carbonyl (C=O) groups is 1. The number of nitrogens with one attached hydrogen (secondary N) is 1. The van der Waals surface area contributed by atoms with E-state index in [1.807, 2.05) is 26.0 Å². The third-order valence-electron chi connectivity index (χ3n) is 5.23. The van der Waals surface area contributed by atoms with Crippen LogP contribution in [0, 0.1) is 5.82 Å². The lowest BCUT2D eigenvalue weighted by Gasteiger charge is -2.43. The van der Waals surface area contributed by atoms with E-state index in [2.05, 4.69) is 29.3 Å². The van der Waals surface area contributed by atoms with Crippen molar-refractivity contribution in [2.24, 2.45) is 0 Å². The van der Waals surface area contributed by atoms with Gasteiger partial charge >= 0.3 is 0 Å². The lowest BCUT2D eigenvalue weighted by Crippen LogP contribution is -2.53. The third-order valence-corrected chi connectivity index (χ3v) is 5.23. The van der Waals surface area contributed by atoms with E-state index >= 15 is 0 Å². The summed E-state index contributed by atoms with van der Waals surface area (Å²) in [5.41, 5.74) is 1.18. The Kier molecular flexibility index (Phi) is 6.35. The Hall–Kier alpha value is -2.40. The molecule has 0 aromatic heterocycles. The van der Waals surface area contributed by atoms with Gasteiger partial charge in [0, 0.05) is 24.8 Å². The number of hydrogen-bond donors (Lipinski definition) is 1. The molecule has 150 valence electrons. The van der Waals surface area contributed by atoms with Crippen LogP contribution in [0.15, 0.2) is 48.5 Å². The lowest BCUT2D eigenvalue weighted by atomic mass is 9.84. The van der Waals surface area contributed by atoms with Crippen LogP contribution in [0.4, 0.5) is 10.1 Å². The molecular formula is C23H29FN2O2. The molecule has 0 bridgehead atoms. The fourth-order valence-electron chi connectivity index (χ4n) is 3.88. The number of halogens is 1. The highest BCUT2D eigenvalue weighted by Crippen LogP contribution is 2.30. The largest absolute Gasteiger partial charge is 0.491 e. The number of hydrogen-bond acceptors (Lipinski definition) is 4. The van der Waals surface area contributed by atoms with E-state index in [4.69, 9.17) is 4.74 Å². The number of rotatable bonds is 7. The van der Waals surface area contributed by atoms with E-state index < -0.39 is 5.54 Å². The maximum atomic E-state index is 13.5. The summed E-state index contributed by atoms with van der Waals surface area (Å²) in [5.74, 6) is 0.576. The number of piperidine rings is 1. The molecule has 4 nitrogen and oxygen atoms in total. The lowest BCUT2D eigenvalue weighted by molar-refractivity contribution is -0.113. The zero-order valence-electron chi connectivity index (χ0n) is 16.8. The fourth-order valence-corrected chi connectivity index (χ4v) is 3.88. The summed E-state index contributed by atoms with van der Waals surface area (Å²) in [4.78, 5) is 14.3. The van der Waals surface area contributed by atoms with Crippen molar-refractivity contribution < 1.29 is 13.9 Å². The Balaban J connectivity index is 1.66. The van der Waals surface area contributed by atoms with Crippen molar-refractivity contribution >= 4 is 12.0 Å². The Labute approximate surface area is 166 Å². The minimum Gasteiger partial charge on any atom is -0.491 e. The van der Waals surface area contributed by atoms with Crippen molar-refractivity contribution in [3.8, 4) is 5.75 Å². The van der Waals surface area contributed by atoms with E-state index in [0.717, 1.165) is 25.1 Å². The van der Waals surface area contributed by atoms with Crippen LogP contribution in [0.1, 0.15) is 39.2 Å². The molecule has 2 aromatic carbocycles. The molecule has 2 atom stereocenters. The Morgan fingerprint density at radius 1 is 1.29 bits per heavy atom. The summed E-state index contributed by atoms with van der Waals surface area (Å²) in [6.45, 7) is 7.77. The van der Waals surface area contributed by atoms with E-state index in [9.17, 15) is 9.18 Å². The van der Waals surface area contributed by atoms with Gasteiger partial charge in [-0.05, 0) is 69.5 Å². The number of aldehydes is 1. The van der Waals surface area contributed by atoms with Gasteiger partial charge in [-0.25, -0.2) is 4.39 Å². The van der Waals surface area contributed by atoms with Crippen LogP contribution in [0.5, 0.6) is 5.75 Å². The van der Waals surface area contributed by atoms with Crippen molar-refractivity contribution in [3.63, 3.8) is 0 Å². The second kappa shape index (κ2) is 8.74. The first-order chi connectivity index (χ1) is 13.4. The van der Waals surface area contributed by atoms with Gasteiger partial charge in [0.1, 0.15) is 17.9 Å². The Morgan fingerprint density at radius 3 is 2.75 bits per heavy atom. The highest BCUT2D eigenvalue weighted by molar-refractivity contribution is 5.71. The molecular weight excluding hydrogens is 355 g/mol. The van der Waals surface area contributed by atoms with E-state index in [1.54, 1.807) is 12.1 Å². The van der Waals surface area contributed by atoms with Gasteiger partial charge in [-0.1, -0.05) is 18.2 Å². The van der Waals surface area contributed by atoms with Gasteiger partial charge < -0.3 is 14.8 Å². The first-order valence-electron chi connectivity index (χ1n) is 9.89. The predicted octanol–water partition coefficient (Wildman–Crippen LogP) is 4.65. The molecule has 1 aliphatic heterocycles. The topological polar surface area (TPSA) is 41.6 Å². The number of ether oxygens (including phenoxy) is 1. The van der Waals surface area contributed by atoms with Crippen molar-refractivity contribution in [2.45, 2.75) is 57.8 Å². The first-order valence-corrected chi connectivity index (χ1v) is 9.89. The predicted molar refractivity (Wildman–Crippen MR) is 110 cm³/mol. The minimum atomic E-state index is -0.660. The molecule has 1 aliphatic rings. The molecule has 1 N–H and O–H groups in total. The summed E-state index contributed by atoms with van der Waals surface area (Å²) in [5, 5.41) is 3.28. The van der Waals surface area contributed by atoms with E-state index in [1.165, 1.54) is 17.7 Å². The maximum absolute atomic E-state index is 13.5.